The Balaban J connectivity index is 2.82. The summed E-state index contributed by atoms with van der Waals surface area (Å²) in [6.07, 6.45) is -4.41. The van der Waals surface area contributed by atoms with E-state index in [1.807, 2.05) is 0 Å². The lowest BCUT2D eigenvalue weighted by Crippen LogP contribution is -2.35. The Hall–Kier alpha value is -1.31. The first-order valence-electron chi connectivity index (χ1n) is 4.26. The normalized spacial score (nSPS) is 11.6. The summed E-state index contributed by atoms with van der Waals surface area (Å²) >= 11 is 0.885. The van der Waals surface area contributed by atoms with Crippen LogP contribution in [0.2, 0.25) is 0 Å². The molecular weight excluding hydrogens is 243 g/mol. The van der Waals surface area contributed by atoms with E-state index >= 15 is 0 Å². The van der Waals surface area contributed by atoms with Crippen LogP contribution in [0.4, 0.5) is 18.3 Å². The number of amides is 1. The van der Waals surface area contributed by atoms with Gasteiger partial charge in [-0.2, -0.15) is 13.2 Å². The molecule has 2 N–H and O–H groups in total. The number of anilines is 1. The second-order valence-electron chi connectivity index (χ2n) is 3.24. The Labute approximate surface area is 93.9 Å². The fourth-order valence-corrected chi connectivity index (χ4v) is 1.96. The van der Waals surface area contributed by atoms with Gasteiger partial charge < -0.3 is 10.6 Å². The van der Waals surface area contributed by atoms with Crippen molar-refractivity contribution in [2.24, 2.45) is 0 Å². The average Bonchev–Trinajstić information content (AvgIpc) is 2.41. The molecular formula is C8H10F3N3OS. The van der Waals surface area contributed by atoms with Crippen LogP contribution < -0.4 is 5.73 Å². The van der Waals surface area contributed by atoms with Crippen LogP contribution in [0.1, 0.15) is 15.4 Å². The summed E-state index contributed by atoms with van der Waals surface area (Å²) < 4.78 is 36.2. The Morgan fingerprint density at radius 2 is 2.12 bits per heavy atom. The zero-order valence-electron chi connectivity index (χ0n) is 8.63. The van der Waals surface area contributed by atoms with Crippen LogP contribution >= 0.6 is 11.3 Å². The van der Waals surface area contributed by atoms with Crippen LogP contribution in [0.25, 0.3) is 0 Å². The van der Waals surface area contributed by atoms with Gasteiger partial charge in [0.25, 0.3) is 5.91 Å². The number of hydrogen-bond acceptors (Lipinski definition) is 4. The number of rotatable bonds is 2. The third kappa shape index (κ3) is 3.09. The van der Waals surface area contributed by atoms with Crippen molar-refractivity contribution < 1.29 is 18.0 Å². The smallest absolute Gasteiger partial charge is 0.375 e. The molecule has 0 spiro atoms. The van der Waals surface area contributed by atoms with Gasteiger partial charge in [0.2, 0.25) is 0 Å². The van der Waals surface area contributed by atoms with Crippen molar-refractivity contribution in [2.75, 3.05) is 19.3 Å². The zero-order valence-corrected chi connectivity index (χ0v) is 9.45. The lowest BCUT2D eigenvalue weighted by Gasteiger charge is -2.18. The fourth-order valence-electron chi connectivity index (χ4n) is 1.13. The van der Waals surface area contributed by atoms with Gasteiger partial charge in [-0.1, -0.05) is 11.3 Å². The number of alkyl halides is 3. The minimum Gasteiger partial charge on any atom is -0.375 e. The van der Waals surface area contributed by atoms with E-state index in [-0.39, 0.29) is 10.0 Å². The number of nitrogens with two attached hydrogens (primary N) is 1. The van der Waals surface area contributed by atoms with Crippen molar-refractivity contribution in [1.82, 2.24) is 9.88 Å². The van der Waals surface area contributed by atoms with E-state index in [0.29, 0.717) is 10.6 Å². The zero-order chi connectivity index (χ0) is 12.5. The number of halogens is 3. The van der Waals surface area contributed by atoms with Crippen molar-refractivity contribution in [3.05, 3.63) is 10.6 Å². The van der Waals surface area contributed by atoms with Crippen LogP contribution in [-0.4, -0.2) is 35.6 Å². The molecule has 0 aromatic carbocycles. The molecule has 1 amide bonds. The Kier molecular flexibility index (Phi) is 3.41. The van der Waals surface area contributed by atoms with Gasteiger partial charge in [-0.15, -0.1) is 0 Å². The monoisotopic (exact) mass is 253 g/mol. The Morgan fingerprint density at radius 3 is 2.50 bits per heavy atom. The molecule has 0 aliphatic rings. The molecule has 0 atom stereocenters. The SMILES string of the molecule is Cc1nc(N)sc1C(=O)N(C)CC(F)(F)F. The van der Waals surface area contributed by atoms with Crippen LogP contribution in [0, 0.1) is 6.92 Å². The molecule has 8 heteroatoms. The number of hydrogen-bond donors (Lipinski definition) is 1. The molecule has 0 aliphatic carbocycles. The largest absolute Gasteiger partial charge is 0.406 e. The number of aryl methyl sites for hydroxylation is 1. The summed E-state index contributed by atoms with van der Waals surface area (Å²) in [6, 6.07) is 0. The van der Waals surface area contributed by atoms with Gasteiger partial charge in [-0.25, -0.2) is 4.98 Å². The van der Waals surface area contributed by atoms with Crippen molar-refractivity contribution in [1.29, 1.82) is 0 Å². The molecule has 0 aliphatic heterocycles. The highest BCUT2D eigenvalue weighted by Gasteiger charge is 2.32. The van der Waals surface area contributed by atoms with E-state index in [2.05, 4.69) is 4.98 Å². The molecule has 0 unspecified atom stereocenters. The van der Waals surface area contributed by atoms with E-state index in [4.69, 9.17) is 5.73 Å². The summed E-state index contributed by atoms with van der Waals surface area (Å²) in [4.78, 5) is 16.1. The van der Waals surface area contributed by atoms with E-state index < -0.39 is 18.6 Å². The number of aromatic nitrogens is 1. The topological polar surface area (TPSA) is 59.2 Å². The highest BCUT2D eigenvalue weighted by atomic mass is 32.1. The average molecular weight is 253 g/mol. The lowest BCUT2D eigenvalue weighted by atomic mass is 10.3. The second kappa shape index (κ2) is 4.28. The van der Waals surface area contributed by atoms with E-state index in [0.717, 1.165) is 18.4 Å². The van der Waals surface area contributed by atoms with Gasteiger partial charge in [-0.3, -0.25) is 4.79 Å². The number of carbonyl (C=O) groups excluding carboxylic acids is 1. The fraction of sp³-hybridized carbons (Fsp3) is 0.500. The van der Waals surface area contributed by atoms with Gasteiger partial charge in [0.1, 0.15) is 11.4 Å². The van der Waals surface area contributed by atoms with E-state index in [1.54, 1.807) is 0 Å². The first kappa shape index (κ1) is 12.8. The van der Waals surface area contributed by atoms with Crippen LogP contribution in [0.5, 0.6) is 0 Å². The minimum absolute atomic E-state index is 0.143. The first-order chi connectivity index (χ1) is 7.20. The molecule has 0 saturated carbocycles. The molecule has 90 valence electrons. The van der Waals surface area contributed by atoms with Gasteiger partial charge >= 0.3 is 6.18 Å². The van der Waals surface area contributed by atoms with Gasteiger partial charge in [0.15, 0.2) is 5.13 Å². The predicted octanol–water partition coefficient (Wildman–Crippen LogP) is 1.67. The quantitative estimate of drug-likeness (QED) is 0.872. The van der Waals surface area contributed by atoms with Gasteiger partial charge in [-0.05, 0) is 6.92 Å². The van der Waals surface area contributed by atoms with E-state index in [1.165, 1.54) is 6.92 Å². The van der Waals surface area contributed by atoms with E-state index in [9.17, 15) is 18.0 Å². The molecule has 4 nitrogen and oxygen atoms in total. The standard InChI is InChI=1S/C8H10F3N3OS/c1-4-5(16-7(12)13-4)6(15)14(2)3-8(9,10)11/h3H2,1-2H3,(H2,12,13). The third-order valence-electron chi connectivity index (χ3n) is 1.77. The van der Waals surface area contributed by atoms with Gasteiger partial charge in [0.05, 0.1) is 5.69 Å². The molecule has 0 radical (unpaired) electrons. The van der Waals surface area contributed by atoms with Crippen molar-refractivity contribution in [3.8, 4) is 0 Å². The molecule has 0 fully saturated rings. The number of nitrogen functional groups attached to an aromatic ring is 1. The summed E-state index contributed by atoms with van der Waals surface area (Å²) in [5.41, 5.74) is 5.71. The molecule has 0 saturated heterocycles. The second-order valence-corrected chi connectivity index (χ2v) is 4.27. The summed E-state index contributed by atoms with van der Waals surface area (Å²) in [5.74, 6) is -0.718. The molecule has 0 bridgehead atoms. The maximum Gasteiger partial charge on any atom is 0.406 e. The maximum absolute atomic E-state index is 12.1. The maximum atomic E-state index is 12.1. The van der Waals surface area contributed by atoms with Crippen molar-refractivity contribution >= 4 is 22.4 Å². The highest BCUT2D eigenvalue weighted by Crippen LogP contribution is 2.23. The minimum atomic E-state index is -4.41. The predicted molar refractivity (Wildman–Crippen MR) is 54.3 cm³/mol. The van der Waals surface area contributed by atoms with Crippen molar-refractivity contribution in [3.63, 3.8) is 0 Å². The third-order valence-corrected chi connectivity index (χ3v) is 2.75. The Morgan fingerprint density at radius 1 is 1.56 bits per heavy atom. The number of nitrogens with zero attached hydrogens (tertiary/aromatic N) is 2. The summed E-state index contributed by atoms with van der Waals surface area (Å²) in [5, 5.41) is 0.168. The van der Waals surface area contributed by atoms with Crippen molar-refractivity contribution in [2.45, 2.75) is 13.1 Å². The summed E-state index contributed by atoms with van der Waals surface area (Å²) in [6.45, 7) is 0.241. The van der Waals surface area contributed by atoms with Crippen LogP contribution in [0.3, 0.4) is 0 Å². The summed E-state index contributed by atoms with van der Waals surface area (Å²) in [7, 11) is 1.09. The molecule has 1 aromatic heterocycles. The van der Waals surface area contributed by atoms with Crippen LogP contribution in [-0.2, 0) is 0 Å². The van der Waals surface area contributed by atoms with Crippen LogP contribution in [0.15, 0.2) is 0 Å². The number of carbonyl (C=O) groups is 1. The molecule has 1 aromatic rings. The molecule has 1 heterocycles. The number of thiazole rings is 1. The molecule has 16 heavy (non-hydrogen) atoms. The highest BCUT2D eigenvalue weighted by molar-refractivity contribution is 7.17. The lowest BCUT2D eigenvalue weighted by molar-refractivity contribution is -0.138. The molecule has 1 rings (SSSR count). The Bertz CT molecular complexity index is 402. The first-order valence-corrected chi connectivity index (χ1v) is 5.07. The van der Waals surface area contributed by atoms with Gasteiger partial charge in [0, 0.05) is 7.05 Å².